The Labute approximate surface area is 155 Å². The van der Waals surface area contributed by atoms with Crippen LogP contribution in [0.5, 0.6) is 11.6 Å². The first-order chi connectivity index (χ1) is 13.0. The Balaban J connectivity index is 2.22. The van der Waals surface area contributed by atoms with Gasteiger partial charge in [-0.15, -0.1) is 0 Å². The number of aromatic nitrogens is 2. The van der Waals surface area contributed by atoms with Gasteiger partial charge in [0.1, 0.15) is 28.6 Å². The second-order valence-corrected chi connectivity index (χ2v) is 5.73. The number of nitrogens with zero attached hydrogens (tertiary/aromatic N) is 3. The zero-order valence-corrected chi connectivity index (χ0v) is 14.8. The number of nitriles is 1. The van der Waals surface area contributed by atoms with Gasteiger partial charge in [-0.1, -0.05) is 23.8 Å². The van der Waals surface area contributed by atoms with Crippen LogP contribution in [0.3, 0.4) is 0 Å². The highest BCUT2D eigenvalue weighted by molar-refractivity contribution is 6.01. The molecule has 1 aromatic carbocycles. The van der Waals surface area contributed by atoms with Crippen LogP contribution in [0.15, 0.2) is 59.0 Å². The number of likely N-dealkylation sites (N-methyl/N-ethyl adjacent to an activating group) is 1. The van der Waals surface area contributed by atoms with E-state index >= 15 is 0 Å². The standard InChI is InChI=1S/C20H16N4O3/c1-13-6-8-15(9-7-13)27-19-16(11-14(12-21)18(25)22-2)20(26)24-10-4-3-5-17(24)23-19/h3-11H,1-2H3,(H,22,25). The smallest absolute Gasteiger partial charge is 0.269 e. The summed E-state index contributed by atoms with van der Waals surface area (Å²) in [5.74, 6) is -0.0936. The molecule has 134 valence electrons. The number of pyridine rings is 1. The van der Waals surface area contributed by atoms with Crippen LogP contribution < -0.4 is 15.6 Å². The summed E-state index contributed by atoms with van der Waals surface area (Å²) in [5.41, 5.74) is 0.792. The van der Waals surface area contributed by atoms with Crippen LogP contribution in [-0.4, -0.2) is 22.3 Å². The summed E-state index contributed by atoms with van der Waals surface area (Å²) in [6.07, 6.45) is 2.75. The van der Waals surface area contributed by atoms with E-state index in [9.17, 15) is 14.9 Å². The summed E-state index contributed by atoms with van der Waals surface area (Å²) in [4.78, 5) is 29.2. The Hall–Kier alpha value is -3.92. The summed E-state index contributed by atoms with van der Waals surface area (Å²) in [6.45, 7) is 1.95. The molecule has 0 aliphatic carbocycles. The molecule has 0 saturated carbocycles. The van der Waals surface area contributed by atoms with Gasteiger partial charge < -0.3 is 10.1 Å². The van der Waals surface area contributed by atoms with E-state index in [1.54, 1.807) is 42.6 Å². The van der Waals surface area contributed by atoms with Crippen LogP contribution in [0.1, 0.15) is 11.1 Å². The maximum absolute atomic E-state index is 12.9. The Bertz CT molecular complexity index is 1140. The van der Waals surface area contributed by atoms with Crippen LogP contribution in [0, 0.1) is 18.3 Å². The van der Waals surface area contributed by atoms with Gasteiger partial charge in [0.15, 0.2) is 0 Å². The minimum Gasteiger partial charge on any atom is -0.438 e. The fourth-order valence-electron chi connectivity index (χ4n) is 2.43. The van der Waals surface area contributed by atoms with E-state index in [4.69, 9.17) is 4.74 Å². The van der Waals surface area contributed by atoms with E-state index in [-0.39, 0.29) is 17.0 Å². The number of amides is 1. The second kappa shape index (κ2) is 7.54. The van der Waals surface area contributed by atoms with Crippen molar-refractivity contribution in [1.82, 2.24) is 14.7 Å². The topological polar surface area (TPSA) is 96.5 Å². The molecule has 0 aliphatic rings. The molecule has 1 amide bonds. The number of carbonyl (C=O) groups excluding carboxylic acids is 1. The van der Waals surface area contributed by atoms with Gasteiger partial charge in [-0.05, 0) is 37.3 Å². The first-order valence-electron chi connectivity index (χ1n) is 8.13. The van der Waals surface area contributed by atoms with E-state index in [1.165, 1.54) is 17.5 Å². The van der Waals surface area contributed by atoms with E-state index in [2.05, 4.69) is 10.3 Å². The highest BCUT2D eigenvalue weighted by atomic mass is 16.5. The number of hydrogen-bond donors (Lipinski definition) is 1. The number of aryl methyl sites for hydroxylation is 1. The van der Waals surface area contributed by atoms with Crippen LogP contribution in [0.4, 0.5) is 0 Å². The fourth-order valence-corrected chi connectivity index (χ4v) is 2.43. The minimum absolute atomic E-state index is 0.0134. The Morgan fingerprint density at radius 1 is 1.26 bits per heavy atom. The van der Waals surface area contributed by atoms with Gasteiger partial charge in [0, 0.05) is 13.2 Å². The molecule has 3 aromatic rings. The summed E-state index contributed by atoms with van der Waals surface area (Å²) >= 11 is 0. The number of hydrogen-bond acceptors (Lipinski definition) is 5. The van der Waals surface area contributed by atoms with Gasteiger partial charge in [0.05, 0.1) is 0 Å². The molecule has 27 heavy (non-hydrogen) atoms. The molecular weight excluding hydrogens is 344 g/mol. The van der Waals surface area contributed by atoms with Crippen LogP contribution in [0.25, 0.3) is 11.7 Å². The van der Waals surface area contributed by atoms with Crippen LogP contribution in [-0.2, 0) is 4.79 Å². The molecule has 1 N–H and O–H groups in total. The van der Waals surface area contributed by atoms with E-state index in [1.807, 2.05) is 19.1 Å². The van der Waals surface area contributed by atoms with E-state index in [0.717, 1.165) is 5.56 Å². The molecule has 0 aliphatic heterocycles. The lowest BCUT2D eigenvalue weighted by molar-refractivity contribution is -0.116. The van der Waals surface area contributed by atoms with Crippen LogP contribution in [0.2, 0.25) is 0 Å². The normalized spacial score (nSPS) is 11.1. The van der Waals surface area contributed by atoms with Crippen molar-refractivity contribution in [2.75, 3.05) is 7.05 Å². The molecule has 0 atom stereocenters. The molecule has 7 nitrogen and oxygen atoms in total. The van der Waals surface area contributed by atoms with Gasteiger partial charge in [-0.25, -0.2) is 0 Å². The van der Waals surface area contributed by atoms with Crippen molar-refractivity contribution in [3.8, 4) is 17.7 Å². The third kappa shape index (κ3) is 3.70. The Morgan fingerprint density at radius 2 is 2.00 bits per heavy atom. The number of fused-ring (bicyclic) bond motifs is 1. The lowest BCUT2D eigenvalue weighted by atomic mass is 10.1. The molecule has 0 unspecified atom stereocenters. The van der Waals surface area contributed by atoms with E-state index in [0.29, 0.717) is 11.4 Å². The average molecular weight is 360 g/mol. The van der Waals surface area contributed by atoms with Crippen molar-refractivity contribution in [2.24, 2.45) is 0 Å². The predicted molar refractivity (Wildman–Crippen MR) is 100 cm³/mol. The summed E-state index contributed by atoms with van der Waals surface area (Å²) < 4.78 is 7.13. The van der Waals surface area contributed by atoms with Gasteiger partial charge in [0.2, 0.25) is 5.88 Å². The molecule has 0 saturated heterocycles. The highest BCUT2D eigenvalue weighted by Gasteiger charge is 2.16. The molecule has 3 rings (SSSR count). The molecule has 2 heterocycles. The fraction of sp³-hybridized carbons (Fsp3) is 0.100. The van der Waals surface area contributed by atoms with Crippen molar-refractivity contribution in [3.05, 3.63) is 75.7 Å². The molecule has 0 spiro atoms. The first-order valence-corrected chi connectivity index (χ1v) is 8.13. The van der Waals surface area contributed by atoms with Crippen molar-refractivity contribution in [3.63, 3.8) is 0 Å². The highest BCUT2D eigenvalue weighted by Crippen LogP contribution is 2.24. The first kappa shape index (κ1) is 17.9. The van der Waals surface area contributed by atoms with Crippen molar-refractivity contribution in [2.45, 2.75) is 6.92 Å². The monoisotopic (exact) mass is 360 g/mol. The van der Waals surface area contributed by atoms with Gasteiger partial charge in [-0.3, -0.25) is 14.0 Å². The zero-order valence-electron chi connectivity index (χ0n) is 14.8. The third-order valence-electron chi connectivity index (χ3n) is 3.85. The average Bonchev–Trinajstić information content (AvgIpc) is 2.69. The van der Waals surface area contributed by atoms with Gasteiger partial charge in [-0.2, -0.15) is 10.2 Å². The predicted octanol–water partition coefficient (Wildman–Crippen LogP) is 2.45. The number of ether oxygens (including phenoxy) is 1. The lowest BCUT2D eigenvalue weighted by Crippen LogP contribution is -2.22. The number of rotatable bonds is 4. The van der Waals surface area contributed by atoms with Gasteiger partial charge in [0.25, 0.3) is 11.5 Å². The summed E-state index contributed by atoms with van der Waals surface area (Å²) in [6, 6.07) is 14.1. The minimum atomic E-state index is -0.601. The Kier molecular flexibility index (Phi) is 4.99. The maximum atomic E-state index is 12.9. The Morgan fingerprint density at radius 3 is 2.67 bits per heavy atom. The molecule has 7 heteroatoms. The van der Waals surface area contributed by atoms with Crippen molar-refractivity contribution < 1.29 is 9.53 Å². The zero-order chi connectivity index (χ0) is 19.4. The lowest BCUT2D eigenvalue weighted by Gasteiger charge is -2.10. The van der Waals surface area contributed by atoms with Gasteiger partial charge >= 0.3 is 0 Å². The number of benzene rings is 1. The van der Waals surface area contributed by atoms with Crippen molar-refractivity contribution >= 4 is 17.6 Å². The molecule has 0 radical (unpaired) electrons. The SMILES string of the molecule is CNC(=O)C(C#N)=Cc1c(Oc2ccc(C)cc2)nc2ccccn2c1=O. The van der Waals surface area contributed by atoms with Crippen molar-refractivity contribution in [1.29, 1.82) is 5.26 Å². The molecular formula is C20H16N4O3. The summed E-state index contributed by atoms with van der Waals surface area (Å²) in [7, 11) is 1.41. The second-order valence-electron chi connectivity index (χ2n) is 5.73. The quantitative estimate of drug-likeness (QED) is 0.569. The molecule has 0 bridgehead atoms. The maximum Gasteiger partial charge on any atom is 0.269 e. The number of nitrogens with one attached hydrogen (secondary N) is 1. The molecule has 0 fully saturated rings. The third-order valence-corrected chi connectivity index (χ3v) is 3.85. The summed E-state index contributed by atoms with van der Waals surface area (Å²) in [5, 5.41) is 11.6. The molecule has 2 aromatic heterocycles. The number of carbonyl (C=O) groups is 1. The van der Waals surface area contributed by atoms with Crippen LogP contribution >= 0.6 is 0 Å². The van der Waals surface area contributed by atoms with E-state index < -0.39 is 11.5 Å². The largest absolute Gasteiger partial charge is 0.438 e.